The maximum Gasteiger partial charge on any atom is 0.0991 e. The molecule has 1 heterocycles. The SMILES string of the molecule is N#Cc1ccc([C@@H]2C[C@@H]3CNC[C@H]32)cc1. The van der Waals surface area contributed by atoms with Gasteiger partial charge in [-0.05, 0) is 55.0 Å². The fourth-order valence-electron chi connectivity index (χ4n) is 2.98. The number of hydrogen-bond donors (Lipinski definition) is 1. The Hall–Kier alpha value is -1.33. The highest BCUT2D eigenvalue weighted by Crippen LogP contribution is 2.48. The lowest BCUT2D eigenvalue weighted by molar-refractivity contribution is 0.191. The molecule has 1 aromatic rings. The molecule has 3 atom stereocenters. The number of nitrogens with one attached hydrogen (secondary N) is 1. The number of nitrogens with zero attached hydrogens (tertiary/aromatic N) is 1. The van der Waals surface area contributed by atoms with Crippen LogP contribution in [0.1, 0.15) is 23.5 Å². The van der Waals surface area contributed by atoms with Crippen molar-refractivity contribution < 1.29 is 0 Å². The average molecular weight is 198 g/mol. The molecule has 2 fully saturated rings. The molecule has 1 saturated carbocycles. The minimum absolute atomic E-state index is 0.734. The first-order chi connectivity index (χ1) is 7.38. The van der Waals surface area contributed by atoms with Gasteiger partial charge < -0.3 is 5.32 Å². The molecule has 76 valence electrons. The summed E-state index contributed by atoms with van der Waals surface area (Å²) in [6.45, 7) is 2.38. The Bertz CT molecular complexity index is 402. The molecule has 2 aliphatic rings. The summed E-state index contributed by atoms with van der Waals surface area (Å²) < 4.78 is 0. The van der Waals surface area contributed by atoms with Crippen molar-refractivity contribution in [3.05, 3.63) is 35.4 Å². The minimum atomic E-state index is 0.734. The standard InChI is InChI=1S/C13H14N2/c14-6-9-1-3-10(4-2-9)12-5-11-7-15-8-13(11)12/h1-4,11-13,15H,5,7-8H2/t11-,12+,13-/m1/s1. The van der Waals surface area contributed by atoms with Gasteiger partial charge in [-0.1, -0.05) is 12.1 Å². The van der Waals surface area contributed by atoms with Crippen LogP contribution < -0.4 is 5.32 Å². The fourth-order valence-corrected chi connectivity index (χ4v) is 2.98. The molecule has 0 spiro atoms. The predicted molar refractivity (Wildman–Crippen MR) is 58.4 cm³/mol. The summed E-state index contributed by atoms with van der Waals surface area (Å²) in [6, 6.07) is 10.3. The Balaban J connectivity index is 1.80. The summed E-state index contributed by atoms with van der Waals surface area (Å²) in [4.78, 5) is 0. The van der Waals surface area contributed by atoms with Crippen LogP contribution in [-0.2, 0) is 0 Å². The van der Waals surface area contributed by atoms with Gasteiger partial charge in [0, 0.05) is 0 Å². The van der Waals surface area contributed by atoms with Crippen LogP contribution in [0.4, 0.5) is 0 Å². The van der Waals surface area contributed by atoms with E-state index in [1.54, 1.807) is 0 Å². The summed E-state index contributed by atoms with van der Waals surface area (Å²) in [5.74, 6) is 2.49. The molecule has 2 heteroatoms. The van der Waals surface area contributed by atoms with Crippen LogP contribution >= 0.6 is 0 Å². The molecule has 1 N–H and O–H groups in total. The van der Waals surface area contributed by atoms with E-state index in [1.807, 2.05) is 12.1 Å². The molecule has 1 aliphatic carbocycles. The molecule has 1 aromatic carbocycles. The lowest BCUT2D eigenvalue weighted by Crippen LogP contribution is -2.33. The highest BCUT2D eigenvalue weighted by Gasteiger charge is 2.44. The van der Waals surface area contributed by atoms with E-state index in [0.29, 0.717) is 0 Å². The molecule has 15 heavy (non-hydrogen) atoms. The molecule has 0 radical (unpaired) electrons. The molecule has 0 bridgehead atoms. The third kappa shape index (κ3) is 1.35. The zero-order valence-corrected chi connectivity index (χ0v) is 8.61. The van der Waals surface area contributed by atoms with Crippen LogP contribution in [-0.4, -0.2) is 13.1 Å². The van der Waals surface area contributed by atoms with E-state index in [9.17, 15) is 0 Å². The van der Waals surface area contributed by atoms with Gasteiger partial charge >= 0.3 is 0 Å². The van der Waals surface area contributed by atoms with Crippen molar-refractivity contribution in [2.24, 2.45) is 11.8 Å². The Morgan fingerprint density at radius 2 is 2.00 bits per heavy atom. The summed E-state index contributed by atoms with van der Waals surface area (Å²) in [7, 11) is 0. The van der Waals surface area contributed by atoms with Gasteiger partial charge in [-0.15, -0.1) is 0 Å². The monoisotopic (exact) mass is 198 g/mol. The third-order valence-corrected chi connectivity index (χ3v) is 3.93. The van der Waals surface area contributed by atoms with Gasteiger partial charge in [0.2, 0.25) is 0 Å². The van der Waals surface area contributed by atoms with Crippen molar-refractivity contribution in [3.63, 3.8) is 0 Å². The number of fused-ring (bicyclic) bond motifs is 1. The lowest BCUT2D eigenvalue weighted by atomic mass is 9.64. The van der Waals surface area contributed by atoms with E-state index >= 15 is 0 Å². The van der Waals surface area contributed by atoms with E-state index in [2.05, 4.69) is 23.5 Å². The molecule has 1 aliphatic heterocycles. The summed E-state index contributed by atoms with van der Waals surface area (Å²) in [5.41, 5.74) is 2.18. The van der Waals surface area contributed by atoms with Crippen molar-refractivity contribution in [2.75, 3.05) is 13.1 Å². The zero-order chi connectivity index (χ0) is 10.3. The molecule has 1 saturated heterocycles. The van der Waals surface area contributed by atoms with Gasteiger partial charge in [0.1, 0.15) is 0 Å². The predicted octanol–water partition coefficient (Wildman–Crippen LogP) is 1.88. The van der Waals surface area contributed by atoms with Gasteiger partial charge in [0.25, 0.3) is 0 Å². The Labute approximate surface area is 89.9 Å². The average Bonchev–Trinajstić information content (AvgIpc) is 2.61. The topological polar surface area (TPSA) is 35.8 Å². The second kappa shape index (κ2) is 3.36. The maximum absolute atomic E-state index is 8.73. The van der Waals surface area contributed by atoms with Gasteiger partial charge in [0.15, 0.2) is 0 Å². The van der Waals surface area contributed by atoms with E-state index in [4.69, 9.17) is 5.26 Å². The normalized spacial score (nSPS) is 32.9. The van der Waals surface area contributed by atoms with Crippen molar-refractivity contribution in [1.82, 2.24) is 5.32 Å². The van der Waals surface area contributed by atoms with E-state index in [-0.39, 0.29) is 0 Å². The van der Waals surface area contributed by atoms with Crippen molar-refractivity contribution in [2.45, 2.75) is 12.3 Å². The van der Waals surface area contributed by atoms with Gasteiger partial charge in [-0.3, -0.25) is 0 Å². The molecular formula is C13H14N2. The maximum atomic E-state index is 8.73. The number of nitriles is 1. The van der Waals surface area contributed by atoms with E-state index in [0.717, 1.165) is 23.3 Å². The molecule has 3 rings (SSSR count). The fraction of sp³-hybridized carbons (Fsp3) is 0.462. The van der Waals surface area contributed by atoms with Gasteiger partial charge in [-0.25, -0.2) is 0 Å². The Morgan fingerprint density at radius 3 is 2.67 bits per heavy atom. The lowest BCUT2D eigenvalue weighted by Gasteiger charge is -2.40. The molecule has 2 nitrogen and oxygen atoms in total. The number of benzene rings is 1. The minimum Gasteiger partial charge on any atom is -0.316 e. The number of hydrogen-bond acceptors (Lipinski definition) is 2. The van der Waals surface area contributed by atoms with Gasteiger partial charge in [-0.2, -0.15) is 5.26 Å². The summed E-state index contributed by atoms with van der Waals surface area (Å²) in [5, 5.41) is 12.2. The van der Waals surface area contributed by atoms with Crippen molar-refractivity contribution in [3.8, 4) is 6.07 Å². The smallest absolute Gasteiger partial charge is 0.0991 e. The van der Waals surface area contributed by atoms with Gasteiger partial charge in [0.05, 0.1) is 11.6 Å². The molecule has 0 aromatic heterocycles. The molecule has 0 amide bonds. The number of rotatable bonds is 1. The van der Waals surface area contributed by atoms with Crippen LogP contribution in [0.3, 0.4) is 0 Å². The Kier molecular flexibility index (Phi) is 2.00. The highest BCUT2D eigenvalue weighted by molar-refractivity contribution is 5.34. The van der Waals surface area contributed by atoms with Crippen LogP contribution in [0.2, 0.25) is 0 Å². The second-order valence-corrected chi connectivity index (χ2v) is 4.66. The van der Waals surface area contributed by atoms with E-state index in [1.165, 1.54) is 25.1 Å². The first-order valence-corrected chi connectivity index (χ1v) is 5.59. The van der Waals surface area contributed by atoms with E-state index < -0.39 is 0 Å². The largest absolute Gasteiger partial charge is 0.316 e. The van der Waals surface area contributed by atoms with Crippen LogP contribution in [0.5, 0.6) is 0 Å². The van der Waals surface area contributed by atoms with Crippen LogP contribution in [0.15, 0.2) is 24.3 Å². The molecule has 0 unspecified atom stereocenters. The first-order valence-electron chi connectivity index (χ1n) is 5.59. The Morgan fingerprint density at radius 1 is 1.20 bits per heavy atom. The quantitative estimate of drug-likeness (QED) is 0.748. The third-order valence-electron chi connectivity index (χ3n) is 3.93. The second-order valence-electron chi connectivity index (χ2n) is 4.66. The summed E-state index contributed by atoms with van der Waals surface area (Å²) in [6.07, 6.45) is 1.32. The molecular weight excluding hydrogens is 184 g/mol. The van der Waals surface area contributed by atoms with Crippen LogP contribution in [0.25, 0.3) is 0 Å². The van der Waals surface area contributed by atoms with Crippen molar-refractivity contribution in [1.29, 1.82) is 5.26 Å². The van der Waals surface area contributed by atoms with Crippen LogP contribution in [0, 0.1) is 23.2 Å². The zero-order valence-electron chi connectivity index (χ0n) is 8.61. The highest BCUT2D eigenvalue weighted by atomic mass is 14.9. The summed E-state index contributed by atoms with van der Waals surface area (Å²) >= 11 is 0. The van der Waals surface area contributed by atoms with Crippen molar-refractivity contribution >= 4 is 0 Å². The first kappa shape index (κ1) is 8.94.